The van der Waals surface area contributed by atoms with E-state index in [0.717, 1.165) is 11.3 Å². The van der Waals surface area contributed by atoms with Crippen molar-refractivity contribution < 1.29 is 50.9 Å². The van der Waals surface area contributed by atoms with E-state index in [1.54, 1.807) is 30.5 Å². The lowest BCUT2D eigenvalue weighted by atomic mass is 10.1. The van der Waals surface area contributed by atoms with Crippen molar-refractivity contribution in [2.45, 2.75) is 18.4 Å². The number of carbonyl (C=O) groups excluding carboxylic acids is 1. The highest BCUT2D eigenvalue weighted by Crippen LogP contribution is 2.21. The topological polar surface area (TPSA) is 156 Å². The summed E-state index contributed by atoms with van der Waals surface area (Å²) in [5.41, 5.74) is 9.12. The Kier molecular flexibility index (Phi) is 11.6. The van der Waals surface area contributed by atoms with Crippen molar-refractivity contribution in [3.05, 3.63) is 77.7 Å². The lowest BCUT2D eigenvalue weighted by Crippen LogP contribution is -2.27. The quantitative estimate of drug-likeness (QED) is 0.331. The maximum Gasteiger partial charge on any atom is 0.490 e. The molecule has 38 heavy (non-hydrogen) atoms. The molecule has 204 valence electrons. The van der Waals surface area contributed by atoms with E-state index in [4.69, 9.17) is 37.1 Å². The predicted molar refractivity (Wildman–Crippen MR) is 122 cm³/mol. The van der Waals surface area contributed by atoms with Gasteiger partial charge in [0.1, 0.15) is 12.4 Å². The van der Waals surface area contributed by atoms with Crippen LogP contribution in [0.15, 0.2) is 67.1 Å². The average molecular weight is 567 g/mol. The van der Waals surface area contributed by atoms with Gasteiger partial charge in [-0.3, -0.25) is 4.79 Å². The normalized spacial score (nSPS) is 11.6. The highest BCUT2D eigenvalue weighted by molar-refractivity contribution is 6.30. The first kappa shape index (κ1) is 31.8. The van der Waals surface area contributed by atoms with Gasteiger partial charge in [-0.25, -0.2) is 19.6 Å². The van der Waals surface area contributed by atoms with Gasteiger partial charge in [-0.05, 0) is 35.9 Å². The van der Waals surface area contributed by atoms with E-state index in [2.05, 4.69) is 15.3 Å². The number of hydrogen-bond acceptors (Lipinski definition) is 6. The smallest absolute Gasteiger partial charge is 0.475 e. The van der Waals surface area contributed by atoms with Crippen molar-refractivity contribution >= 4 is 35.1 Å². The van der Waals surface area contributed by atoms with Gasteiger partial charge in [0.25, 0.3) is 0 Å². The van der Waals surface area contributed by atoms with Gasteiger partial charge in [0, 0.05) is 22.5 Å². The number of halogens is 7. The van der Waals surface area contributed by atoms with Gasteiger partial charge < -0.3 is 21.3 Å². The van der Waals surface area contributed by atoms with Gasteiger partial charge >= 0.3 is 24.3 Å². The van der Waals surface area contributed by atoms with Crippen LogP contribution in [0.3, 0.4) is 0 Å². The van der Waals surface area contributed by atoms with Gasteiger partial charge in [0.05, 0.1) is 5.69 Å². The van der Waals surface area contributed by atoms with Gasteiger partial charge in [0.15, 0.2) is 0 Å². The number of aliphatic carboxylic acids is 2. The van der Waals surface area contributed by atoms with Crippen LogP contribution in [-0.2, 0) is 14.4 Å². The maximum absolute atomic E-state index is 12.3. The lowest BCUT2D eigenvalue weighted by Gasteiger charge is -2.13. The fourth-order valence-corrected chi connectivity index (χ4v) is 2.35. The van der Waals surface area contributed by atoms with Crippen LogP contribution in [0.5, 0.6) is 0 Å². The molecular formula is C22H17ClF6N4O5. The van der Waals surface area contributed by atoms with E-state index in [0.29, 0.717) is 16.3 Å². The van der Waals surface area contributed by atoms with Crippen LogP contribution < -0.4 is 11.1 Å². The third-order valence-electron chi connectivity index (χ3n) is 4.03. The molecule has 0 saturated heterocycles. The second-order valence-corrected chi connectivity index (χ2v) is 7.23. The number of benzene rings is 2. The summed E-state index contributed by atoms with van der Waals surface area (Å²) >= 11 is 5.84. The third-order valence-corrected chi connectivity index (χ3v) is 4.28. The summed E-state index contributed by atoms with van der Waals surface area (Å²) in [7, 11) is 0. The molecule has 3 aromatic rings. The van der Waals surface area contributed by atoms with Crippen LogP contribution in [0.4, 0.5) is 32.0 Å². The Hall–Kier alpha value is -4.24. The van der Waals surface area contributed by atoms with Gasteiger partial charge in [-0.15, -0.1) is 0 Å². The molecule has 5 N–H and O–H groups in total. The first-order valence-electron chi connectivity index (χ1n) is 9.81. The Morgan fingerprint density at radius 2 is 1.32 bits per heavy atom. The molecule has 1 atom stereocenters. The summed E-state index contributed by atoms with van der Waals surface area (Å²) in [6.45, 7) is 0. The Balaban J connectivity index is 0.000000426. The summed E-state index contributed by atoms with van der Waals surface area (Å²) in [6, 6.07) is 15.3. The number of carbonyl (C=O) groups is 3. The monoisotopic (exact) mass is 566 g/mol. The third kappa shape index (κ3) is 11.2. The first-order valence-corrected chi connectivity index (χ1v) is 10.2. The number of nitrogens with one attached hydrogen (secondary N) is 1. The minimum Gasteiger partial charge on any atom is -0.475 e. The summed E-state index contributed by atoms with van der Waals surface area (Å²) in [4.78, 5) is 38.1. The second kappa shape index (κ2) is 13.9. The van der Waals surface area contributed by atoms with Crippen molar-refractivity contribution in [3.63, 3.8) is 0 Å². The molecule has 1 amide bonds. The molecule has 9 nitrogen and oxygen atoms in total. The van der Waals surface area contributed by atoms with Crippen LogP contribution >= 0.6 is 11.6 Å². The Morgan fingerprint density at radius 1 is 0.842 bits per heavy atom. The minimum absolute atomic E-state index is 0.285. The van der Waals surface area contributed by atoms with E-state index < -0.39 is 30.3 Å². The number of hydrogen-bond donors (Lipinski definition) is 4. The molecule has 0 fully saturated rings. The first-order chi connectivity index (χ1) is 17.5. The molecule has 3 rings (SSSR count). The zero-order valence-corrected chi connectivity index (χ0v) is 19.4. The Morgan fingerprint density at radius 3 is 1.71 bits per heavy atom. The van der Waals surface area contributed by atoms with Crippen molar-refractivity contribution in [1.29, 1.82) is 0 Å². The minimum atomic E-state index is -5.08. The van der Waals surface area contributed by atoms with Gasteiger partial charge in [0.2, 0.25) is 5.91 Å². The number of rotatable bonds is 4. The standard InChI is InChI=1S/C18H15ClN4O.2C2HF3O2/c19-14-5-1-13(2-6-14)17(20)18(24)23-15-7-3-12(4-8-15)16-9-10-21-11-22-16;2*3-2(4,5)1(6)7/h1-11,17H,20H2,(H,23,24);2*(H,6,7). The molecule has 0 aliphatic rings. The highest BCUT2D eigenvalue weighted by atomic mass is 35.5. The number of nitrogens with zero attached hydrogens (tertiary/aromatic N) is 2. The van der Waals surface area contributed by atoms with E-state index in [1.165, 1.54) is 6.33 Å². The fraction of sp³-hybridized carbons (Fsp3) is 0.136. The van der Waals surface area contributed by atoms with Crippen LogP contribution in [0, 0.1) is 0 Å². The average Bonchev–Trinajstić information content (AvgIpc) is 2.84. The molecule has 0 saturated carbocycles. The lowest BCUT2D eigenvalue weighted by molar-refractivity contribution is -0.193. The van der Waals surface area contributed by atoms with Gasteiger partial charge in [-0.1, -0.05) is 35.9 Å². The Labute approximate surface area is 214 Å². The van der Waals surface area contributed by atoms with Crippen LogP contribution in [0.25, 0.3) is 11.3 Å². The number of alkyl halides is 6. The van der Waals surface area contributed by atoms with Crippen molar-refractivity contribution in [2.24, 2.45) is 5.73 Å². The van der Waals surface area contributed by atoms with Crippen LogP contribution in [-0.4, -0.2) is 50.4 Å². The molecule has 0 aliphatic heterocycles. The zero-order chi connectivity index (χ0) is 29.1. The molecule has 2 aromatic carbocycles. The summed E-state index contributed by atoms with van der Waals surface area (Å²) in [5, 5.41) is 17.7. The molecule has 0 spiro atoms. The largest absolute Gasteiger partial charge is 0.490 e. The van der Waals surface area contributed by atoms with Crippen molar-refractivity contribution in [2.75, 3.05) is 5.32 Å². The maximum atomic E-state index is 12.3. The fourth-order valence-electron chi connectivity index (χ4n) is 2.23. The number of carboxylic acid groups (broad SMARTS) is 2. The SMILES string of the molecule is NC(C(=O)Nc1ccc(-c2ccncn2)cc1)c1ccc(Cl)cc1.O=C(O)C(F)(F)F.O=C(O)C(F)(F)F. The van der Waals surface area contributed by atoms with E-state index in [1.807, 2.05) is 30.3 Å². The molecule has 1 heterocycles. The van der Waals surface area contributed by atoms with Crippen LogP contribution in [0.1, 0.15) is 11.6 Å². The van der Waals surface area contributed by atoms with Crippen LogP contribution in [0.2, 0.25) is 5.02 Å². The molecule has 0 aliphatic carbocycles. The molecule has 0 bridgehead atoms. The predicted octanol–water partition coefficient (Wildman–Crippen LogP) is 4.70. The van der Waals surface area contributed by atoms with E-state index in [-0.39, 0.29) is 5.91 Å². The van der Waals surface area contributed by atoms with E-state index >= 15 is 0 Å². The highest BCUT2D eigenvalue weighted by Gasteiger charge is 2.38. The number of aromatic nitrogens is 2. The Bertz CT molecular complexity index is 1180. The number of carboxylic acids is 2. The molecule has 1 aromatic heterocycles. The summed E-state index contributed by atoms with van der Waals surface area (Å²) in [6.07, 6.45) is -6.99. The summed E-state index contributed by atoms with van der Waals surface area (Å²) < 4.78 is 63.5. The van der Waals surface area contributed by atoms with Gasteiger partial charge in [-0.2, -0.15) is 26.3 Å². The summed E-state index contributed by atoms with van der Waals surface area (Å²) in [5.74, 6) is -5.80. The number of amides is 1. The molecule has 1 unspecified atom stereocenters. The molecular weight excluding hydrogens is 550 g/mol. The zero-order valence-electron chi connectivity index (χ0n) is 18.7. The second-order valence-electron chi connectivity index (χ2n) is 6.80. The number of anilines is 1. The van der Waals surface area contributed by atoms with Crippen molar-refractivity contribution in [3.8, 4) is 11.3 Å². The molecule has 0 radical (unpaired) electrons. The van der Waals surface area contributed by atoms with E-state index in [9.17, 15) is 31.1 Å². The van der Waals surface area contributed by atoms with Crippen molar-refractivity contribution in [1.82, 2.24) is 9.97 Å². The number of nitrogens with two attached hydrogens (primary N) is 1. The molecule has 16 heteroatoms.